The molecular weight excluding hydrogens is 830 g/mol. The first-order valence-corrected chi connectivity index (χ1v) is 20.2. The highest BCUT2D eigenvalue weighted by Crippen LogP contribution is 2.47. The minimum atomic E-state index is -4.73. The molecule has 2 aromatic heterocycles. The Morgan fingerprint density at radius 1 is 0.439 bits per heavy atom. The summed E-state index contributed by atoms with van der Waals surface area (Å²) in [5, 5.41) is 33.5. The highest BCUT2D eigenvalue weighted by Gasteiger charge is 2.32. The number of aromatic nitrogens is 2. The summed E-state index contributed by atoms with van der Waals surface area (Å²) in [5.41, 5.74) is 7.37. The van der Waals surface area contributed by atoms with Crippen LogP contribution in [0.3, 0.4) is 0 Å². The van der Waals surface area contributed by atoms with E-state index < -0.39 is 11.7 Å². The van der Waals surface area contributed by atoms with Gasteiger partial charge in [0.25, 0.3) is 0 Å². The molecule has 0 aliphatic carbocycles. The molecule has 0 unspecified atom stereocenters. The van der Waals surface area contributed by atoms with Gasteiger partial charge in [0.2, 0.25) is 0 Å². The zero-order chi connectivity index (χ0) is 45.9. The Balaban J connectivity index is 1.33. The minimum Gasteiger partial charge on any atom is -0.309 e. The molecule has 0 saturated carbocycles. The number of hydrogen-bond donors (Lipinski definition) is 0. The summed E-state index contributed by atoms with van der Waals surface area (Å²) in [4.78, 5) is 10.8. The van der Waals surface area contributed by atoms with Gasteiger partial charge < -0.3 is 9.13 Å². The van der Waals surface area contributed by atoms with E-state index in [-0.39, 0.29) is 16.8 Å². The Labute approximate surface area is 374 Å². The van der Waals surface area contributed by atoms with E-state index in [4.69, 9.17) is 19.7 Å². The first kappa shape index (κ1) is 40.2. The Morgan fingerprint density at radius 2 is 0.894 bits per heavy atom. The second-order valence-electron chi connectivity index (χ2n) is 15.5. The quantitative estimate of drug-likeness (QED) is 0.161. The van der Waals surface area contributed by atoms with Gasteiger partial charge in [-0.3, -0.25) is 0 Å². The average Bonchev–Trinajstić information content (AvgIpc) is 3.87. The molecule has 0 bridgehead atoms. The van der Waals surface area contributed by atoms with Gasteiger partial charge in [-0.05, 0) is 119 Å². The minimum absolute atomic E-state index is 0.206. The molecule has 8 aromatic carbocycles. The number of benzene rings is 8. The van der Waals surface area contributed by atoms with Crippen molar-refractivity contribution in [2.45, 2.75) is 6.18 Å². The molecular formula is C55H25F3N8. The number of hydrogen-bond acceptors (Lipinski definition) is 3. The van der Waals surface area contributed by atoms with Crippen molar-refractivity contribution in [3.05, 3.63) is 208 Å². The van der Waals surface area contributed by atoms with Crippen molar-refractivity contribution in [3.8, 4) is 63.0 Å². The molecule has 306 valence electrons. The van der Waals surface area contributed by atoms with Crippen LogP contribution in [-0.2, 0) is 6.18 Å². The van der Waals surface area contributed by atoms with Crippen LogP contribution >= 0.6 is 0 Å². The third-order valence-corrected chi connectivity index (χ3v) is 11.8. The first-order chi connectivity index (χ1) is 32.0. The van der Waals surface area contributed by atoms with Crippen LogP contribution in [0.25, 0.3) is 103 Å². The Morgan fingerprint density at radius 3 is 1.33 bits per heavy atom. The van der Waals surface area contributed by atoms with Crippen LogP contribution < -0.4 is 0 Å². The molecule has 0 saturated heterocycles. The summed E-state index contributed by atoms with van der Waals surface area (Å²) < 4.78 is 46.9. The lowest BCUT2D eigenvalue weighted by Gasteiger charge is -2.22. The number of nitriles is 3. The average molecular weight is 855 g/mol. The van der Waals surface area contributed by atoms with E-state index in [0.717, 1.165) is 44.8 Å². The molecule has 0 N–H and O–H groups in total. The zero-order valence-electron chi connectivity index (χ0n) is 34.1. The summed E-state index contributed by atoms with van der Waals surface area (Å²) in [5.74, 6) is 0. The van der Waals surface area contributed by atoms with Crippen molar-refractivity contribution in [3.63, 3.8) is 0 Å². The van der Waals surface area contributed by atoms with Crippen LogP contribution in [0.5, 0.6) is 0 Å². The second kappa shape index (κ2) is 15.5. The molecule has 0 atom stereocenters. The fourth-order valence-electron chi connectivity index (χ4n) is 8.95. The van der Waals surface area contributed by atoms with Gasteiger partial charge >= 0.3 is 6.18 Å². The topological polar surface area (TPSA) is 94.3 Å². The Bertz CT molecular complexity index is 3740. The fraction of sp³-hybridized carbons (Fsp3) is 0.0182. The summed E-state index contributed by atoms with van der Waals surface area (Å²) >= 11 is 0. The molecule has 10 aromatic rings. The SMILES string of the molecule is [C-]#[N+]c1cc(C#N)cc(-c2ccc3c(c2)c2ccccc2n3-c2cc(C#N)cc(-n3c4ccccc4c4cc(-c5cc(C#N)cc([N+]#[C-])c5)ccc43)c2-c2ccc(C(F)(F)F)cc2[N+]#[C-])c1. The summed E-state index contributed by atoms with van der Waals surface area (Å²) in [6.07, 6.45) is -4.73. The van der Waals surface area contributed by atoms with Crippen LogP contribution in [0.4, 0.5) is 30.2 Å². The van der Waals surface area contributed by atoms with Gasteiger partial charge in [-0.1, -0.05) is 60.7 Å². The summed E-state index contributed by atoms with van der Waals surface area (Å²) in [6, 6.07) is 49.7. The van der Waals surface area contributed by atoms with E-state index in [0.29, 0.717) is 72.6 Å². The van der Waals surface area contributed by atoms with Crippen molar-refractivity contribution in [1.29, 1.82) is 15.8 Å². The monoisotopic (exact) mass is 854 g/mol. The lowest BCUT2D eigenvalue weighted by atomic mass is 9.95. The van der Waals surface area contributed by atoms with Gasteiger partial charge in [0.1, 0.15) is 0 Å². The van der Waals surface area contributed by atoms with Crippen molar-refractivity contribution < 1.29 is 13.2 Å². The van der Waals surface area contributed by atoms with Gasteiger partial charge in [0.15, 0.2) is 17.1 Å². The van der Waals surface area contributed by atoms with E-state index in [9.17, 15) is 29.0 Å². The summed E-state index contributed by atoms with van der Waals surface area (Å²) in [6.45, 7) is 23.5. The Hall–Kier alpha value is -9.91. The lowest BCUT2D eigenvalue weighted by molar-refractivity contribution is -0.137. The van der Waals surface area contributed by atoms with Gasteiger partial charge in [-0.15, -0.1) is 0 Å². The highest BCUT2D eigenvalue weighted by atomic mass is 19.4. The highest BCUT2D eigenvalue weighted by molar-refractivity contribution is 6.13. The normalized spacial score (nSPS) is 11.2. The van der Waals surface area contributed by atoms with Crippen LogP contribution in [0, 0.1) is 53.7 Å². The molecule has 2 heterocycles. The molecule has 0 radical (unpaired) electrons. The van der Waals surface area contributed by atoms with Crippen LogP contribution in [0.15, 0.2) is 152 Å². The van der Waals surface area contributed by atoms with Crippen LogP contribution in [0.1, 0.15) is 22.3 Å². The molecule has 0 amide bonds. The van der Waals surface area contributed by atoms with Crippen molar-refractivity contribution in [2.24, 2.45) is 0 Å². The second-order valence-corrected chi connectivity index (χ2v) is 15.5. The predicted octanol–water partition coefficient (Wildman–Crippen LogP) is 15.2. The van der Waals surface area contributed by atoms with Gasteiger partial charge in [0.05, 0.1) is 76.9 Å². The predicted molar refractivity (Wildman–Crippen MR) is 249 cm³/mol. The van der Waals surface area contributed by atoms with E-state index >= 15 is 0 Å². The third-order valence-electron chi connectivity index (χ3n) is 11.8. The molecule has 10 rings (SSSR count). The fourth-order valence-corrected chi connectivity index (χ4v) is 8.95. The number of halogens is 3. The van der Waals surface area contributed by atoms with E-state index in [1.165, 1.54) is 18.2 Å². The maximum Gasteiger partial charge on any atom is 0.415 e. The molecule has 66 heavy (non-hydrogen) atoms. The molecule has 8 nitrogen and oxygen atoms in total. The molecule has 11 heteroatoms. The maximum atomic E-state index is 14.3. The number of fused-ring (bicyclic) bond motifs is 6. The van der Waals surface area contributed by atoms with Crippen molar-refractivity contribution >= 4 is 60.7 Å². The largest absolute Gasteiger partial charge is 0.415 e. The Kier molecular flexibility index (Phi) is 9.41. The van der Waals surface area contributed by atoms with Gasteiger partial charge in [0, 0.05) is 43.8 Å². The van der Waals surface area contributed by atoms with Gasteiger partial charge in [-0.2, -0.15) is 29.0 Å². The number of para-hydroxylation sites is 2. The van der Waals surface area contributed by atoms with E-state index in [1.807, 2.05) is 94.1 Å². The third kappa shape index (κ3) is 6.51. The van der Waals surface area contributed by atoms with Crippen molar-refractivity contribution in [1.82, 2.24) is 9.13 Å². The first-order valence-electron chi connectivity index (χ1n) is 20.2. The molecule has 0 aliphatic heterocycles. The van der Waals surface area contributed by atoms with Crippen molar-refractivity contribution in [2.75, 3.05) is 0 Å². The molecule has 0 aliphatic rings. The van der Waals surface area contributed by atoms with Gasteiger partial charge in [-0.25, -0.2) is 14.5 Å². The molecule has 0 spiro atoms. The van der Waals surface area contributed by atoms with E-state index in [1.54, 1.807) is 36.4 Å². The number of alkyl halides is 3. The standard InChI is InChI=1S/C55H25F3N8/c1-62-40-20-32(29-59)18-37(24-40)35-12-16-50-45(26-35)42-8-4-6-10-48(42)65(50)52-22-34(31-61)23-53(54(52)44-15-14-39(55(56,57)58)28-47(44)64-3)66-49-11-7-5-9-43(49)46-27-36(13-17-51(46)66)38-19-33(30-60)21-41(25-38)63-2/h4-28H. The summed E-state index contributed by atoms with van der Waals surface area (Å²) in [7, 11) is 0. The maximum absolute atomic E-state index is 14.3. The number of nitrogens with zero attached hydrogens (tertiary/aromatic N) is 8. The van der Waals surface area contributed by atoms with E-state index in [2.05, 4.69) is 32.7 Å². The van der Waals surface area contributed by atoms with Crippen LogP contribution in [-0.4, -0.2) is 9.13 Å². The molecule has 0 fully saturated rings. The zero-order valence-corrected chi connectivity index (χ0v) is 34.1. The lowest BCUT2D eigenvalue weighted by Crippen LogP contribution is -2.07. The van der Waals surface area contributed by atoms with Crippen LogP contribution in [0.2, 0.25) is 0 Å². The smallest absolute Gasteiger partial charge is 0.309 e. The number of rotatable bonds is 5.